The molecule has 2 heterocycles. The normalized spacial score (nSPS) is 12.2. The Morgan fingerprint density at radius 2 is 1.79 bits per heavy atom. The van der Waals surface area contributed by atoms with Gasteiger partial charge in [-0.25, -0.2) is 9.48 Å². The summed E-state index contributed by atoms with van der Waals surface area (Å²) in [5, 5.41) is 18.9. The van der Waals surface area contributed by atoms with Crippen LogP contribution in [-0.4, -0.2) is 35.0 Å². The molecule has 4 aromatic rings. The number of rotatable bonds is 10. The van der Waals surface area contributed by atoms with Crippen LogP contribution in [-0.2, 0) is 13.1 Å². The lowest BCUT2D eigenvalue weighted by Crippen LogP contribution is -2.26. The highest BCUT2D eigenvalue weighted by Crippen LogP contribution is 2.25. The Morgan fingerprint density at radius 3 is 2.48 bits per heavy atom. The predicted molar refractivity (Wildman–Crippen MR) is 129 cm³/mol. The maximum Gasteiger partial charge on any atom is 0.346 e. The Hall–Kier alpha value is -3.55. The largest absolute Gasteiger partial charge is 0.346 e. The van der Waals surface area contributed by atoms with Crippen LogP contribution in [0.4, 0.5) is 0 Å². The van der Waals surface area contributed by atoms with Gasteiger partial charge in [-0.2, -0.15) is 10.3 Å². The molecule has 1 unspecified atom stereocenters. The number of benzene rings is 2. The number of nitrogens with one attached hydrogen (secondary N) is 1. The van der Waals surface area contributed by atoms with Crippen molar-refractivity contribution in [1.29, 1.82) is 0 Å². The van der Waals surface area contributed by atoms with Gasteiger partial charge in [0.25, 0.3) is 0 Å². The molecule has 4 rings (SSSR count). The number of unbranched alkanes of at least 4 members (excludes halogenated alkanes) is 2. The monoisotopic (exact) mass is 445 g/mol. The first-order valence-electron chi connectivity index (χ1n) is 11.7. The molecule has 2 aromatic carbocycles. The van der Waals surface area contributed by atoms with Crippen LogP contribution in [0, 0.1) is 0 Å². The van der Waals surface area contributed by atoms with Crippen molar-refractivity contribution >= 4 is 0 Å². The lowest BCUT2D eigenvalue weighted by molar-refractivity contribution is 0.527. The van der Waals surface area contributed by atoms with E-state index in [9.17, 15) is 4.79 Å². The van der Waals surface area contributed by atoms with Gasteiger partial charge >= 0.3 is 5.69 Å². The van der Waals surface area contributed by atoms with Gasteiger partial charge in [-0.05, 0) is 40.8 Å². The van der Waals surface area contributed by atoms with Gasteiger partial charge in [0.1, 0.15) is 5.82 Å². The van der Waals surface area contributed by atoms with Crippen LogP contribution in [0.3, 0.4) is 0 Å². The molecule has 8 heteroatoms. The first-order valence-corrected chi connectivity index (χ1v) is 11.7. The Balaban J connectivity index is 1.57. The highest BCUT2D eigenvalue weighted by Gasteiger charge is 2.18. The van der Waals surface area contributed by atoms with Crippen LogP contribution in [0.5, 0.6) is 0 Å². The topological polar surface area (TPSA) is 94.3 Å². The van der Waals surface area contributed by atoms with E-state index < -0.39 is 0 Å². The van der Waals surface area contributed by atoms with E-state index in [4.69, 9.17) is 5.10 Å². The smallest absolute Gasteiger partial charge is 0.274 e. The van der Waals surface area contributed by atoms with E-state index in [2.05, 4.69) is 71.7 Å². The predicted octanol–water partition coefficient (Wildman–Crippen LogP) is 4.64. The second kappa shape index (κ2) is 10.4. The number of aryl methyl sites for hydroxylation is 1. The van der Waals surface area contributed by atoms with Gasteiger partial charge in [0, 0.05) is 18.0 Å². The first kappa shape index (κ1) is 22.6. The standard InChI is InChI=1S/C25H31N7O/c1-4-6-7-15-32-25(33)31(24(28-32)18(3)5-2)17-19-11-13-20(14-12-19)21-9-8-10-22(16-21)23-26-29-30-27-23/h8-14,16,18H,4-7,15,17H2,1-3H3,(H,26,27,29,30). The summed E-state index contributed by atoms with van der Waals surface area (Å²) in [6.45, 7) is 7.63. The number of aromatic amines is 1. The zero-order chi connectivity index (χ0) is 23.2. The molecule has 8 nitrogen and oxygen atoms in total. The van der Waals surface area contributed by atoms with Crippen molar-refractivity contribution in [2.75, 3.05) is 0 Å². The fourth-order valence-corrected chi connectivity index (χ4v) is 3.92. The lowest BCUT2D eigenvalue weighted by Gasteiger charge is -2.11. The minimum atomic E-state index is -0.0155. The van der Waals surface area contributed by atoms with Gasteiger partial charge in [-0.3, -0.25) is 4.57 Å². The van der Waals surface area contributed by atoms with E-state index in [1.54, 1.807) is 4.68 Å². The van der Waals surface area contributed by atoms with E-state index in [1.807, 2.05) is 22.8 Å². The molecule has 0 saturated carbocycles. The minimum Gasteiger partial charge on any atom is -0.274 e. The third-order valence-corrected chi connectivity index (χ3v) is 6.07. The van der Waals surface area contributed by atoms with E-state index in [1.165, 1.54) is 0 Å². The molecule has 172 valence electrons. The van der Waals surface area contributed by atoms with Gasteiger partial charge in [-0.15, -0.1) is 10.2 Å². The maximum atomic E-state index is 13.1. The Labute approximate surface area is 193 Å². The van der Waals surface area contributed by atoms with E-state index >= 15 is 0 Å². The van der Waals surface area contributed by atoms with Crippen LogP contribution in [0.1, 0.15) is 63.8 Å². The average Bonchev–Trinajstić information content (AvgIpc) is 3.49. The summed E-state index contributed by atoms with van der Waals surface area (Å²) >= 11 is 0. The summed E-state index contributed by atoms with van der Waals surface area (Å²) < 4.78 is 3.49. The van der Waals surface area contributed by atoms with Crippen LogP contribution in [0.2, 0.25) is 0 Å². The van der Waals surface area contributed by atoms with Gasteiger partial charge in [0.2, 0.25) is 5.82 Å². The highest BCUT2D eigenvalue weighted by molar-refractivity contribution is 5.70. The summed E-state index contributed by atoms with van der Waals surface area (Å²) in [6.07, 6.45) is 4.15. The molecular formula is C25H31N7O. The Morgan fingerprint density at radius 1 is 1.00 bits per heavy atom. The van der Waals surface area contributed by atoms with Crippen molar-refractivity contribution < 1.29 is 0 Å². The Kier molecular flexibility index (Phi) is 7.12. The quantitative estimate of drug-likeness (QED) is 0.359. The van der Waals surface area contributed by atoms with Gasteiger partial charge < -0.3 is 0 Å². The number of tetrazole rings is 1. The molecule has 0 aliphatic heterocycles. The number of aromatic nitrogens is 7. The molecule has 0 fully saturated rings. The van der Waals surface area contributed by atoms with Crippen LogP contribution in [0.25, 0.3) is 22.5 Å². The molecule has 0 bridgehead atoms. The van der Waals surface area contributed by atoms with Crippen molar-refractivity contribution in [2.24, 2.45) is 0 Å². The summed E-state index contributed by atoms with van der Waals surface area (Å²) in [6, 6.07) is 16.4. The molecule has 0 aliphatic carbocycles. The molecule has 1 atom stereocenters. The zero-order valence-corrected chi connectivity index (χ0v) is 19.5. The fourth-order valence-electron chi connectivity index (χ4n) is 3.92. The van der Waals surface area contributed by atoms with Crippen LogP contribution >= 0.6 is 0 Å². The molecule has 1 N–H and O–H groups in total. The third-order valence-electron chi connectivity index (χ3n) is 6.07. The van der Waals surface area contributed by atoms with E-state index in [0.717, 1.165) is 53.8 Å². The molecule has 0 amide bonds. The van der Waals surface area contributed by atoms with Crippen LogP contribution in [0.15, 0.2) is 53.3 Å². The summed E-state index contributed by atoms with van der Waals surface area (Å²) in [5.74, 6) is 1.68. The third kappa shape index (κ3) is 5.10. The Bertz CT molecular complexity index is 1220. The summed E-state index contributed by atoms with van der Waals surface area (Å²) in [5.41, 5.74) is 4.13. The van der Waals surface area contributed by atoms with Crippen molar-refractivity contribution in [2.45, 2.75) is 65.5 Å². The summed E-state index contributed by atoms with van der Waals surface area (Å²) in [7, 11) is 0. The lowest BCUT2D eigenvalue weighted by atomic mass is 10.0. The molecule has 0 saturated heterocycles. The van der Waals surface area contributed by atoms with Crippen LogP contribution < -0.4 is 5.69 Å². The number of hydrogen-bond donors (Lipinski definition) is 1. The maximum absolute atomic E-state index is 13.1. The number of nitrogens with zero attached hydrogens (tertiary/aromatic N) is 6. The average molecular weight is 446 g/mol. The molecule has 2 aromatic heterocycles. The van der Waals surface area contributed by atoms with E-state index in [0.29, 0.717) is 18.9 Å². The minimum absolute atomic E-state index is 0.0155. The highest BCUT2D eigenvalue weighted by atomic mass is 16.2. The molecule has 33 heavy (non-hydrogen) atoms. The van der Waals surface area contributed by atoms with Gasteiger partial charge in [0.05, 0.1) is 6.54 Å². The first-order chi connectivity index (χ1) is 16.1. The van der Waals surface area contributed by atoms with Crippen molar-refractivity contribution in [3.8, 4) is 22.5 Å². The summed E-state index contributed by atoms with van der Waals surface area (Å²) in [4.78, 5) is 13.1. The van der Waals surface area contributed by atoms with E-state index in [-0.39, 0.29) is 11.6 Å². The molecule has 0 radical (unpaired) electrons. The molecular weight excluding hydrogens is 414 g/mol. The number of hydrogen-bond acceptors (Lipinski definition) is 5. The van der Waals surface area contributed by atoms with Crippen molar-refractivity contribution in [3.63, 3.8) is 0 Å². The molecule has 0 aliphatic rings. The van der Waals surface area contributed by atoms with Crippen molar-refractivity contribution in [3.05, 3.63) is 70.4 Å². The second-order valence-electron chi connectivity index (χ2n) is 8.48. The van der Waals surface area contributed by atoms with Gasteiger partial charge in [0.15, 0.2) is 0 Å². The van der Waals surface area contributed by atoms with Crippen molar-refractivity contribution in [1.82, 2.24) is 35.0 Å². The number of H-pyrrole nitrogens is 1. The van der Waals surface area contributed by atoms with Gasteiger partial charge in [-0.1, -0.05) is 76.1 Å². The fraction of sp³-hybridized carbons (Fsp3) is 0.400. The SMILES string of the molecule is CCCCCn1nc(C(C)CC)n(Cc2ccc(-c3cccc(-c4nn[nH]n4)c3)cc2)c1=O. The molecule has 0 spiro atoms. The second-order valence-corrected chi connectivity index (χ2v) is 8.48. The zero-order valence-electron chi connectivity index (χ0n) is 19.5.